The monoisotopic (exact) mass is 616 g/mol. The predicted octanol–water partition coefficient (Wildman–Crippen LogP) is 1.38. The summed E-state index contributed by atoms with van der Waals surface area (Å²) in [6.45, 7) is 2.43. The highest BCUT2D eigenvalue weighted by Crippen LogP contribution is 2.52. The number of hydrogen-bond acceptors (Lipinski definition) is 13. The number of aliphatic hydroxyl groups excluding tert-OH is 1. The van der Waals surface area contributed by atoms with E-state index < -0.39 is 43.3 Å². The summed E-state index contributed by atoms with van der Waals surface area (Å²) >= 11 is 2.89. The number of pyridine rings is 1. The maximum Gasteiger partial charge on any atom is 0.459 e. The number of fused-ring (bicyclic) bond motifs is 2. The molecule has 2 aliphatic heterocycles. The average Bonchev–Trinajstić information content (AvgIpc) is 3.36. The number of alkyl halides is 2. The van der Waals surface area contributed by atoms with E-state index in [0.29, 0.717) is 16.8 Å². The second kappa shape index (κ2) is 9.66. The molecule has 1 fully saturated rings. The van der Waals surface area contributed by atoms with E-state index in [1.165, 1.54) is 24.0 Å². The first-order chi connectivity index (χ1) is 17.9. The van der Waals surface area contributed by atoms with E-state index in [-0.39, 0.29) is 41.8 Å². The SMILES string of the molecule is CC(=O)OCc1cnc(C)c2c1CNP(=O)(OC[C@H]1O[C@@H](n3cnc4c(N)nc(N)nc43)[C@@](F)(Br)C1O)O2. The second-order valence-electron chi connectivity index (χ2n) is 8.61. The molecule has 0 amide bonds. The number of imidazole rings is 1. The molecular weight excluding hydrogens is 594 g/mol. The third-order valence-electron chi connectivity index (χ3n) is 6.00. The lowest BCUT2D eigenvalue weighted by Crippen LogP contribution is -2.38. The van der Waals surface area contributed by atoms with Crippen LogP contribution >= 0.6 is 23.7 Å². The molecule has 0 aliphatic carbocycles. The first kappa shape index (κ1) is 26.6. The van der Waals surface area contributed by atoms with Crippen LogP contribution in [-0.2, 0) is 36.5 Å². The highest BCUT2D eigenvalue weighted by Gasteiger charge is 2.58. The zero-order valence-corrected chi connectivity index (χ0v) is 22.5. The van der Waals surface area contributed by atoms with Crippen LogP contribution in [-0.4, -0.2) is 59.0 Å². The Bertz CT molecular complexity index is 1470. The van der Waals surface area contributed by atoms with Gasteiger partial charge in [-0.2, -0.15) is 9.97 Å². The molecule has 204 valence electrons. The quantitative estimate of drug-likeness (QED) is 0.175. The Morgan fingerprint density at radius 2 is 2.18 bits per heavy atom. The molecule has 0 aromatic carbocycles. The Hall–Kier alpha value is -2.95. The first-order valence-electron chi connectivity index (χ1n) is 11.2. The zero-order chi connectivity index (χ0) is 27.4. The van der Waals surface area contributed by atoms with Gasteiger partial charge in [-0.3, -0.25) is 18.9 Å². The lowest BCUT2D eigenvalue weighted by atomic mass is 10.1. The number of aromatic nitrogens is 5. The number of anilines is 2. The van der Waals surface area contributed by atoms with Crippen LogP contribution in [0.3, 0.4) is 0 Å². The highest BCUT2D eigenvalue weighted by molar-refractivity contribution is 9.10. The summed E-state index contributed by atoms with van der Waals surface area (Å²) in [6, 6.07) is 0. The van der Waals surface area contributed by atoms with Crippen LogP contribution in [0.5, 0.6) is 5.75 Å². The summed E-state index contributed by atoms with van der Waals surface area (Å²) in [7, 11) is -3.98. The summed E-state index contributed by atoms with van der Waals surface area (Å²) in [4.78, 5) is 27.3. The minimum absolute atomic E-state index is 0.0107. The smallest absolute Gasteiger partial charge is 0.459 e. The number of rotatable bonds is 6. The van der Waals surface area contributed by atoms with Crippen molar-refractivity contribution in [3.63, 3.8) is 0 Å². The van der Waals surface area contributed by atoms with E-state index in [2.05, 4.69) is 41.0 Å². The predicted molar refractivity (Wildman–Crippen MR) is 132 cm³/mol. The number of aryl methyl sites for hydroxylation is 1. The van der Waals surface area contributed by atoms with E-state index in [9.17, 15) is 14.5 Å². The molecule has 6 N–H and O–H groups in total. The van der Waals surface area contributed by atoms with Crippen LogP contribution in [0.2, 0.25) is 0 Å². The van der Waals surface area contributed by atoms with Crippen LogP contribution in [0.25, 0.3) is 11.2 Å². The number of nitrogens with zero attached hydrogens (tertiary/aromatic N) is 5. The summed E-state index contributed by atoms with van der Waals surface area (Å²) < 4.78 is 49.6. The molecule has 38 heavy (non-hydrogen) atoms. The van der Waals surface area contributed by atoms with Gasteiger partial charge in [0.25, 0.3) is 0 Å². The minimum Gasteiger partial charge on any atom is -0.461 e. The van der Waals surface area contributed by atoms with Crippen molar-refractivity contribution in [1.29, 1.82) is 0 Å². The Kier molecular flexibility index (Phi) is 6.77. The number of carbonyl (C=O) groups is 1. The molecule has 2 aliphatic rings. The van der Waals surface area contributed by atoms with Crippen molar-refractivity contribution in [3.8, 4) is 5.75 Å². The summed E-state index contributed by atoms with van der Waals surface area (Å²) in [5, 5.41) is 13.4. The van der Waals surface area contributed by atoms with Crippen molar-refractivity contribution in [2.75, 3.05) is 18.1 Å². The zero-order valence-electron chi connectivity index (χ0n) is 20.0. The standard InChI is InChI=1S/C20H23BrFN8O7P/c1-8-14-11(10(3-25-8)5-34-9(2)31)4-27-38(33,37-14)35-6-12-15(32)20(21,22)18(36-12)30-7-26-13-16(23)28-19(24)29-17(13)30/h3,7,12,15,18,32H,4-6H2,1-2H3,(H,27,33)(H4,23,24,28,29)/t12-,15?,18-,20-,38?/m1/s1. The molecule has 0 spiro atoms. The van der Waals surface area contributed by atoms with E-state index >= 15 is 4.39 Å². The number of nitrogens with two attached hydrogens (primary N) is 2. The number of esters is 1. The molecule has 15 nitrogen and oxygen atoms in total. The molecule has 5 atom stereocenters. The summed E-state index contributed by atoms with van der Waals surface area (Å²) in [5.41, 5.74) is 13.3. The van der Waals surface area contributed by atoms with Crippen molar-refractivity contribution in [2.24, 2.45) is 0 Å². The molecule has 18 heteroatoms. The minimum atomic E-state index is -3.98. The fourth-order valence-electron chi connectivity index (χ4n) is 4.10. The topological polar surface area (TPSA) is 212 Å². The molecule has 2 unspecified atom stereocenters. The van der Waals surface area contributed by atoms with Gasteiger partial charge in [0.2, 0.25) is 10.5 Å². The first-order valence-corrected chi connectivity index (χ1v) is 13.5. The van der Waals surface area contributed by atoms with Gasteiger partial charge in [-0.05, 0) is 22.9 Å². The fraction of sp³-hybridized carbons (Fsp3) is 0.450. The molecule has 0 bridgehead atoms. The average molecular weight is 617 g/mol. The Morgan fingerprint density at radius 1 is 1.42 bits per heavy atom. The third-order valence-corrected chi connectivity index (χ3v) is 8.32. The lowest BCUT2D eigenvalue weighted by molar-refractivity contribution is -0.142. The lowest BCUT2D eigenvalue weighted by Gasteiger charge is -2.29. The molecule has 5 rings (SSSR count). The normalized spacial score (nSPS) is 28.7. The maximum absolute atomic E-state index is 15.7. The van der Waals surface area contributed by atoms with Gasteiger partial charge in [-0.15, -0.1) is 0 Å². The van der Waals surface area contributed by atoms with E-state index in [1.54, 1.807) is 6.92 Å². The largest absolute Gasteiger partial charge is 0.461 e. The van der Waals surface area contributed by atoms with Crippen molar-refractivity contribution < 1.29 is 37.4 Å². The number of halogens is 2. The third kappa shape index (κ3) is 4.69. The van der Waals surface area contributed by atoms with Gasteiger partial charge in [0, 0.05) is 30.8 Å². The van der Waals surface area contributed by atoms with Crippen LogP contribution in [0.4, 0.5) is 16.2 Å². The van der Waals surface area contributed by atoms with Crippen molar-refractivity contribution in [1.82, 2.24) is 29.6 Å². The van der Waals surface area contributed by atoms with Gasteiger partial charge in [-0.1, -0.05) is 0 Å². The van der Waals surface area contributed by atoms with Crippen LogP contribution < -0.4 is 21.1 Å². The Labute approximate surface area is 222 Å². The number of hydrogen-bond donors (Lipinski definition) is 4. The van der Waals surface area contributed by atoms with E-state index in [1.807, 2.05) is 0 Å². The van der Waals surface area contributed by atoms with E-state index in [0.717, 1.165) is 0 Å². The molecule has 0 saturated carbocycles. The Morgan fingerprint density at radius 3 is 2.92 bits per heavy atom. The number of aliphatic hydroxyl groups is 1. The van der Waals surface area contributed by atoms with Crippen molar-refractivity contribution >= 4 is 52.6 Å². The maximum atomic E-state index is 15.7. The number of nitrogens with one attached hydrogen (secondary N) is 1. The molecular formula is C20H23BrFN8O7P. The molecule has 5 heterocycles. The summed E-state index contributed by atoms with van der Waals surface area (Å²) in [6.07, 6.45) is -1.76. The van der Waals surface area contributed by atoms with Crippen molar-refractivity contribution in [2.45, 2.75) is 50.0 Å². The Balaban J connectivity index is 1.33. The van der Waals surface area contributed by atoms with Gasteiger partial charge in [-0.25, -0.2) is 19.0 Å². The van der Waals surface area contributed by atoms with Gasteiger partial charge in [0.1, 0.15) is 24.3 Å². The van der Waals surface area contributed by atoms with Gasteiger partial charge >= 0.3 is 13.7 Å². The van der Waals surface area contributed by atoms with Crippen LogP contribution in [0, 0.1) is 6.92 Å². The van der Waals surface area contributed by atoms with Gasteiger partial charge in [0.15, 0.2) is 23.4 Å². The van der Waals surface area contributed by atoms with Gasteiger partial charge in [0.05, 0.1) is 18.6 Å². The van der Waals surface area contributed by atoms with Crippen LogP contribution in [0.1, 0.15) is 30.0 Å². The molecule has 1 saturated heterocycles. The molecule has 3 aromatic heterocycles. The highest BCUT2D eigenvalue weighted by atomic mass is 79.9. The van der Waals surface area contributed by atoms with Crippen LogP contribution in [0.15, 0.2) is 12.5 Å². The summed E-state index contributed by atoms with van der Waals surface area (Å²) in [5.74, 6) is -0.426. The fourth-order valence-corrected chi connectivity index (χ4v) is 6.11. The number of nitrogen functional groups attached to an aromatic ring is 2. The number of ether oxygens (including phenoxy) is 2. The second-order valence-corrected chi connectivity index (χ2v) is 11.6. The molecule has 0 radical (unpaired) electrons. The molecule has 3 aromatic rings. The number of carbonyl (C=O) groups excluding carboxylic acids is 1. The van der Waals surface area contributed by atoms with Crippen molar-refractivity contribution in [3.05, 3.63) is 29.3 Å². The van der Waals surface area contributed by atoms with E-state index in [4.69, 9.17) is 30.0 Å². The van der Waals surface area contributed by atoms with Gasteiger partial charge < -0.3 is 30.6 Å².